The normalized spacial score (nSPS) is 12.1. The highest BCUT2D eigenvalue weighted by atomic mass is 32.2. The minimum absolute atomic E-state index is 0.0863. The van der Waals surface area contributed by atoms with Crippen LogP contribution in [0.25, 0.3) is 10.8 Å². The summed E-state index contributed by atoms with van der Waals surface area (Å²) in [6.07, 6.45) is 12.1. The SMILES string of the molecule is C#C.Cc1ccccc1CCOC(=O)Nc1ccc(SC2CC2)c(CN(C)C(=O)CNc2ccc3cc[nH]c(=O)c3c2)c1. The molecule has 3 aromatic carbocycles. The van der Waals surface area contributed by atoms with E-state index in [4.69, 9.17) is 4.74 Å². The van der Waals surface area contributed by atoms with Crippen molar-refractivity contribution in [1.29, 1.82) is 0 Å². The van der Waals surface area contributed by atoms with E-state index in [1.54, 1.807) is 24.2 Å². The summed E-state index contributed by atoms with van der Waals surface area (Å²) in [6.45, 7) is 2.81. The first-order valence-electron chi connectivity index (χ1n) is 14.1. The molecule has 0 radical (unpaired) electrons. The number of aromatic nitrogens is 1. The van der Waals surface area contributed by atoms with Gasteiger partial charge in [-0.2, -0.15) is 0 Å². The van der Waals surface area contributed by atoms with Crippen molar-refractivity contribution >= 4 is 45.9 Å². The zero-order chi connectivity index (χ0) is 30.8. The van der Waals surface area contributed by atoms with Crippen LogP contribution in [0.2, 0.25) is 0 Å². The second kappa shape index (κ2) is 15.0. The van der Waals surface area contributed by atoms with Gasteiger partial charge < -0.3 is 19.9 Å². The van der Waals surface area contributed by atoms with Crippen LogP contribution in [0.4, 0.5) is 16.2 Å². The number of benzene rings is 3. The Kier molecular flexibility index (Phi) is 10.9. The highest BCUT2D eigenvalue weighted by Crippen LogP contribution is 2.41. The molecule has 1 aliphatic rings. The Morgan fingerprint density at radius 1 is 1.02 bits per heavy atom. The van der Waals surface area contributed by atoms with Gasteiger partial charge in [-0.3, -0.25) is 14.9 Å². The number of likely N-dealkylation sites (N-methyl/N-ethyl adjacent to an activating group) is 1. The summed E-state index contributed by atoms with van der Waals surface area (Å²) < 4.78 is 5.43. The standard InChI is InChI=1S/C32H34N4O4S.C2H2/c1-21-5-3-4-6-22(21)14-16-40-32(39)35-26-9-12-29(41-27-10-11-27)24(17-26)20-36(2)30(37)19-34-25-8-7-23-13-15-33-31(38)28(23)18-25;1-2/h3-9,12-13,15,17-18,27,34H,10-11,14,16,19-20H2,1-2H3,(H,33,38)(H,35,39);1-2H. The Morgan fingerprint density at radius 2 is 1.79 bits per heavy atom. The molecule has 4 aromatic rings. The highest BCUT2D eigenvalue weighted by Gasteiger charge is 2.24. The summed E-state index contributed by atoms with van der Waals surface area (Å²) in [4.78, 5) is 43.1. The first-order valence-corrected chi connectivity index (χ1v) is 14.9. The smallest absolute Gasteiger partial charge is 0.411 e. The quantitative estimate of drug-likeness (QED) is 0.178. The first kappa shape index (κ1) is 31.3. The Labute approximate surface area is 256 Å². The molecule has 8 nitrogen and oxygen atoms in total. The van der Waals surface area contributed by atoms with E-state index in [0.717, 1.165) is 21.4 Å². The number of nitrogens with one attached hydrogen (secondary N) is 3. The molecule has 222 valence electrons. The van der Waals surface area contributed by atoms with Crippen molar-refractivity contribution in [3.05, 3.63) is 100.0 Å². The number of carbonyl (C=O) groups excluding carboxylic acids is 2. The van der Waals surface area contributed by atoms with Gasteiger partial charge in [0.15, 0.2) is 0 Å². The Hall–Kier alpha value is -4.68. The predicted molar refractivity (Wildman–Crippen MR) is 175 cm³/mol. The van der Waals surface area contributed by atoms with Crippen LogP contribution in [-0.4, -0.2) is 47.3 Å². The fraction of sp³-hybridized carbons (Fsp3) is 0.265. The fourth-order valence-corrected chi connectivity index (χ4v) is 5.66. The van der Waals surface area contributed by atoms with E-state index in [0.29, 0.717) is 35.0 Å². The number of carbonyl (C=O) groups is 2. The molecule has 1 aromatic heterocycles. The maximum atomic E-state index is 13.0. The van der Waals surface area contributed by atoms with Crippen molar-refractivity contribution in [2.24, 2.45) is 0 Å². The van der Waals surface area contributed by atoms with Gasteiger partial charge >= 0.3 is 6.09 Å². The molecule has 0 atom stereocenters. The Balaban J connectivity index is 0.00000207. The lowest BCUT2D eigenvalue weighted by atomic mass is 10.1. The predicted octanol–water partition coefficient (Wildman–Crippen LogP) is 6.20. The summed E-state index contributed by atoms with van der Waals surface area (Å²) in [6, 6.07) is 21.2. The number of pyridine rings is 1. The average Bonchev–Trinajstić information content (AvgIpc) is 3.83. The maximum Gasteiger partial charge on any atom is 0.411 e. The van der Waals surface area contributed by atoms with Gasteiger partial charge in [-0.25, -0.2) is 4.79 Å². The third kappa shape index (κ3) is 8.90. The number of thioether (sulfide) groups is 1. The lowest BCUT2D eigenvalue weighted by molar-refractivity contribution is -0.128. The second-order valence-corrected chi connectivity index (χ2v) is 11.6. The molecular weight excluding hydrogens is 560 g/mol. The molecule has 1 saturated carbocycles. The number of amides is 2. The summed E-state index contributed by atoms with van der Waals surface area (Å²) in [5, 5.41) is 7.97. The molecule has 3 N–H and O–H groups in total. The number of H-pyrrole nitrogens is 1. The number of hydrogen-bond donors (Lipinski definition) is 3. The molecule has 0 aliphatic heterocycles. The summed E-state index contributed by atoms with van der Waals surface area (Å²) >= 11 is 1.81. The van der Waals surface area contributed by atoms with Gasteiger partial charge in [-0.15, -0.1) is 24.6 Å². The van der Waals surface area contributed by atoms with E-state index in [1.807, 2.05) is 79.3 Å². The number of terminal acetylenes is 1. The number of anilines is 2. The summed E-state index contributed by atoms with van der Waals surface area (Å²) in [5.41, 5.74) is 4.45. The van der Waals surface area contributed by atoms with E-state index in [9.17, 15) is 14.4 Å². The van der Waals surface area contributed by atoms with Gasteiger partial charge in [0.05, 0.1) is 13.2 Å². The Morgan fingerprint density at radius 3 is 2.56 bits per heavy atom. The zero-order valence-corrected chi connectivity index (χ0v) is 25.2. The van der Waals surface area contributed by atoms with E-state index in [1.165, 1.54) is 18.4 Å². The molecule has 2 amide bonds. The van der Waals surface area contributed by atoms with Crippen LogP contribution >= 0.6 is 11.8 Å². The third-order valence-electron chi connectivity index (χ3n) is 7.04. The molecule has 9 heteroatoms. The lowest BCUT2D eigenvalue weighted by Gasteiger charge is -2.21. The van der Waals surface area contributed by atoms with Gasteiger partial charge in [0.25, 0.3) is 5.56 Å². The van der Waals surface area contributed by atoms with Crippen molar-refractivity contribution in [3.8, 4) is 12.8 Å². The molecule has 0 unspecified atom stereocenters. The van der Waals surface area contributed by atoms with Crippen LogP contribution in [0.3, 0.4) is 0 Å². The van der Waals surface area contributed by atoms with Crippen molar-refractivity contribution in [1.82, 2.24) is 9.88 Å². The summed E-state index contributed by atoms with van der Waals surface area (Å²) in [7, 11) is 1.76. The van der Waals surface area contributed by atoms with Gasteiger partial charge in [0.2, 0.25) is 5.91 Å². The second-order valence-electron chi connectivity index (χ2n) is 10.3. The van der Waals surface area contributed by atoms with Crippen LogP contribution in [0.5, 0.6) is 0 Å². The minimum atomic E-state index is -0.505. The van der Waals surface area contributed by atoms with Crippen molar-refractivity contribution in [2.45, 2.75) is 42.9 Å². The van der Waals surface area contributed by atoms with Crippen LogP contribution in [-0.2, 0) is 22.5 Å². The molecule has 0 bridgehead atoms. The van der Waals surface area contributed by atoms with Gasteiger partial charge in [0.1, 0.15) is 0 Å². The monoisotopic (exact) mass is 596 g/mol. The first-order chi connectivity index (χ1) is 20.9. The molecule has 5 rings (SSSR count). The molecule has 1 heterocycles. The number of nitrogens with zero attached hydrogens (tertiary/aromatic N) is 1. The molecule has 43 heavy (non-hydrogen) atoms. The van der Waals surface area contributed by atoms with Crippen LogP contribution in [0, 0.1) is 19.8 Å². The third-order valence-corrected chi connectivity index (χ3v) is 8.50. The fourth-order valence-electron chi connectivity index (χ4n) is 4.51. The van der Waals surface area contributed by atoms with E-state index in [-0.39, 0.29) is 24.6 Å². The number of fused-ring (bicyclic) bond motifs is 1. The van der Waals surface area contributed by atoms with Crippen molar-refractivity contribution in [2.75, 3.05) is 30.8 Å². The average molecular weight is 597 g/mol. The number of hydrogen-bond acceptors (Lipinski definition) is 6. The molecule has 1 fully saturated rings. The van der Waals surface area contributed by atoms with Crippen LogP contribution in [0.15, 0.2) is 82.6 Å². The molecule has 1 aliphatic carbocycles. The largest absolute Gasteiger partial charge is 0.449 e. The van der Waals surface area contributed by atoms with Crippen molar-refractivity contribution < 1.29 is 14.3 Å². The Bertz CT molecular complexity index is 1660. The van der Waals surface area contributed by atoms with Gasteiger partial charge in [0, 0.05) is 53.1 Å². The van der Waals surface area contributed by atoms with E-state index < -0.39 is 6.09 Å². The zero-order valence-electron chi connectivity index (χ0n) is 24.4. The number of ether oxygens (including phenoxy) is 1. The van der Waals surface area contributed by atoms with Crippen LogP contribution in [0.1, 0.15) is 29.5 Å². The number of aromatic amines is 1. The molecule has 0 spiro atoms. The van der Waals surface area contributed by atoms with E-state index in [2.05, 4.69) is 28.5 Å². The highest BCUT2D eigenvalue weighted by molar-refractivity contribution is 8.00. The van der Waals surface area contributed by atoms with Crippen molar-refractivity contribution in [3.63, 3.8) is 0 Å². The van der Waals surface area contributed by atoms with Gasteiger partial charge in [-0.05, 0) is 78.2 Å². The topological polar surface area (TPSA) is 104 Å². The lowest BCUT2D eigenvalue weighted by Crippen LogP contribution is -2.32. The maximum absolute atomic E-state index is 13.0. The molecule has 0 saturated heterocycles. The minimum Gasteiger partial charge on any atom is -0.449 e. The van der Waals surface area contributed by atoms with Gasteiger partial charge in [-0.1, -0.05) is 30.3 Å². The van der Waals surface area contributed by atoms with Crippen LogP contribution < -0.4 is 16.2 Å². The van der Waals surface area contributed by atoms with E-state index >= 15 is 0 Å². The number of rotatable bonds is 11. The number of aryl methyl sites for hydroxylation is 1. The molecular formula is C34H36N4O4S. The summed E-state index contributed by atoms with van der Waals surface area (Å²) in [5.74, 6) is -0.0941.